The first-order chi connectivity index (χ1) is 9.65. The molecular weight excluding hydrogens is 323 g/mol. The van der Waals surface area contributed by atoms with Crippen LogP contribution in [-0.4, -0.2) is 27.8 Å². The summed E-state index contributed by atoms with van der Waals surface area (Å²) in [6.45, 7) is 2.58. The number of halogens is 2. The molecule has 0 bridgehead atoms. The average molecular weight is 345 g/mol. The van der Waals surface area contributed by atoms with Gasteiger partial charge in [-0.2, -0.15) is 5.10 Å². The summed E-state index contributed by atoms with van der Waals surface area (Å²) in [5, 5.41) is 7.02. The van der Waals surface area contributed by atoms with Crippen molar-refractivity contribution in [2.45, 2.75) is 32.0 Å². The molecule has 2 atom stereocenters. The SMILES string of the molecule is CC(Cn1cccn1)NC(=O)[C@@H](N)Cc1ccccc1.Cl.Cl. The number of hydrogen-bond acceptors (Lipinski definition) is 3. The van der Waals surface area contributed by atoms with E-state index in [1.807, 2.05) is 49.5 Å². The third kappa shape index (κ3) is 6.47. The van der Waals surface area contributed by atoms with Crippen LogP contribution >= 0.6 is 24.8 Å². The van der Waals surface area contributed by atoms with Crippen LogP contribution in [0.15, 0.2) is 48.8 Å². The second kappa shape index (κ2) is 10.2. The minimum atomic E-state index is -0.530. The van der Waals surface area contributed by atoms with Crippen LogP contribution in [0.5, 0.6) is 0 Å². The van der Waals surface area contributed by atoms with Crippen molar-refractivity contribution in [3.63, 3.8) is 0 Å². The highest BCUT2D eigenvalue weighted by molar-refractivity contribution is 5.85. The zero-order chi connectivity index (χ0) is 14.4. The van der Waals surface area contributed by atoms with Gasteiger partial charge in [-0.25, -0.2) is 0 Å². The lowest BCUT2D eigenvalue weighted by molar-refractivity contribution is -0.123. The summed E-state index contributed by atoms with van der Waals surface area (Å²) in [5.74, 6) is -0.131. The van der Waals surface area contributed by atoms with E-state index in [2.05, 4.69) is 10.4 Å². The molecule has 0 saturated heterocycles. The van der Waals surface area contributed by atoms with Gasteiger partial charge in [0.2, 0.25) is 5.91 Å². The molecule has 1 unspecified atom stereocenters. The summed E-state index contributed by atoms with van der Waals surface area (Å²) < 4.78 is 1.79. The molecule has 1 amide bonds. The number of nitrogens with zero attached hydrogens (tertiary/aromatic N) is 2. The van der Waals surface area contributed by atoms with Crippen molar-refractivity contribution in [2.24, 2.45) is 5.73 Å². The third-order valence-electron chi connectivity index (χ3n) is 3.04. The van der Waals surface area contributed by atoms with Crippen LogP contribution in [0.2, 0.25) is 0 Å². The zero-order valence-electron chi connectivity index (χ0n) is 12.4. The summed E-state index contributed by atoms with van der Waals surface area (Å²) in [6, 6.07) is 11.1. The van der Waals surface area contributed by atoms with Gasteiger partial charge in [-0.15, -0.1) is 24.8 Å². The number of nitrogens with two attached hydrogens (primary N) is 1. The molecule has 1 aromatic carbocycles. The van der Waals surface area contributed by atoms with Gasteiger partial charge in [-0.1, -0.05) is 30.3 Å². The molecule has 7 heteroatoms. The van der Waals surface area contributed by atoms with Crippen LogP contribution in [-0.2, 0) is 17.8 Å². The smallest absolute Gasteiger partial charge is 0.237 e. The lowest BCUT2D eigenvalue weighted by Gasteiger charge is -2.17. The number of amides is 1. The molecule has 0 radical (unpaired) electrons. The fraction of sp³-hybridized carbons (Fsp3) is 0.333. The van der Waals surface area contributed by atoms with E-state index in [9.17, 15) is 4.79 Å². The van der Waals surface area contributed by atoms with Gasteiger partial charge in [0.1, 0.15) is 0 Å². The summed E-state index contributed by atoms with van der Waals surface area (Å²) in [7, 11) is 0. The van der Waals surface area contributed by atoms with Crippen LogP contribution < -0.4 is 11.1 Å². The monoisotopic (exact) mass is 344 g/mol. The topological polar surface area (TPSA) is 72.9 Å². The first-order valence-corrected chi connectivity index (χ1v) is 6.72. The van der Waals surface area contributed by atoms with Crippen molar-refractivity contribution in [1.29, 1.82) is 0 Å². The predicted molar refractivity (Wildman–Crippen MR) is 92.4 cm³/mol. The summed E-state index contributed by atoms with van der Waals surface area (Å²) >= 11 is 0. The van der Waals surface area contributed by atoms with Gasteiger partial charge in [-0.05, 0) is 25.0 Å². The van der Waals surface area contributed by atoms with E-state index in [0.717, 1.165) is 5.56 Å². The van der Waals surface area contributed by atoms with E-state index in [0.29, 0.717) is 13.0 Å². The number of benzene rings is 1. The fourth-order valence-electron chi connectivity index (χ4n) is 2.05. The lowest BCUT2D eigenvalue weighted by atomic mass is 10.1. The van der Waals surface area contributed by atoms with Crippen molar-refractivity contribution in [3.05, 3.63) is 54.4 Å². The highest BCUT2D eigenvalue weighted by Gasteiger charge is 2.16. The Hall–Kier alpha value is -1.56. The number of carbonyl (C=O) groups excluding carboxylic acids is 1. The number of rotatable bonds is 6. The molecule has 122 valence electrons. The zero-order valence-corrected chi connectivity index (χ0v) is 14.0. The summed E-state index contributed by atoms with van der Waals surface area (Å²) in [4.78, 5) is 12.0. The Morgan fingerprint density at radius 2 is 1.95 bits per heavy atom. The molecule has 5 nitrogen and oxygen atoms in total. The second-order valence-electron chi connectivity index (χ2n) is 4.93. The first kappa shape index (κ1) is 20.4. The quantitative estimate of drug-likeness (QED) is 0.839. The molecule has 0 aliphatic rings. The van der Waals surface area contributed by atoms with Gasteiger partial charge < -0.3 is 11.1 Å². The Morgan fingerprint density at radius 1 is 1.27 bits per heavy atom. The Kier molecular flexibility index (Phi) is 9.49. The van der Waals surface area contributed by atoms with E-state index in [4.69, 9.17) is 5.73 Å². The molecule has 2 aromatic rings. The molecular formula is C15H22Cl2N4O. The minimum absolute atomic E-state index is 0. The summed E-state index contributed by atoms with van der Waals surface area (Å²) in [5.41, 5.74) is 7.00. The van der Waals surface area contributed by atoms with Gasteiger partial charge in [0.15, 0.2) is 0 Å². The molecule has 3 N–H and O–H groups in total. The summed E-state index contributed by atoms with van der Waals surface area (Å²) in [6.07, 6.45) is 4.13. The first-order valence-electron chi connectivity index (χ1n) is 6.72. The lowest BCUT2D eigenvalue weighted by Crippen LogP contribution is -2.46. The maximum atomic E-state index is 12.0. The molecule has 0 spiro atoms. The number of hydrogen-bond donors (Lipinski definition) is 2. The van der Waals surface area contributed by atoms with Crippen LogP contribution in [0.3, 0.4) is 0 Å². The van der Waals surface area contributed by atoms with Gasteiger partial charge in [-0.3, -0.25) is 9.48 Å². The Balaban J connectivity index is 0.00000220. The average Bonchev–Trinajstić information content (AvgIpc) is 2.92. The Morgan fingerprint density at radius 3 is 2.55 bits per heavy atom. The number of nitrogens with one attached hydrogen (secondary N) is 1. The van der Waals surface area contributed by atoms with E-state index < -0.39 is 6.04 Å². The van der Waals surface area contributed by atoms with Crippen LogP contribution in [0.4, 0.5) is 0 Å². The van der Waals surface area contributed by atoms with Gasteiger partial charge in [0, 0.05) is 18.4 Å². The van der Waals surface area contributed by atoms with Crippen LogP contribution in [0.1, 0.15) is 12.5 Å². The Labute approximate surface area is 143 Å². The van der Waals surface area contributed by atoms with Crippen molar-refractivity contribution in [3.8, 4) is 0 Å². The highest BCUT2D eigenvalue weighted by atomic mass is 35.5. The molecule has 22 heavy (non-hydrogen) atoms. The standard InChI is InChI=1S/C15H20N4O.2ClH/c1-12(11-19-9-5-8-17-19)18-15(20)14(16)10-13-6-3-2-4-7-13;;/h2-9,12,14H,10-11,16H2,1H3,(H,18,20);2*1H/t12?,14-;;/m0../s1. The maximum Gasteiger partial charge on any atom is 0.237 e. The number of aromatic nitrogens is 2. The van der Waals surface area contributed by atoms with Gasteiger partial charge in [0.05, 0.1) is 12.6 Å². The molecule has 1 heterocycles. The fourth-order valence-corrected chi connectivity index (χ4v) is 2.05. The van der Waals surface area contributed by atoms with Crippen LogP contribution in [0.25, 0.3) is 0 Å². The molecule has 2 rings (SSSR count). The molecule has 0 fully saturated rings. The molecule has 0 aliphatic heterocycles. The van der Waals surface area contributed by atoms with Crippen molar-refractivity contribution < 1.29 is 4.79 Å². The molecule has 1 aromatic heterocycles. The maximum absolute atomic E-state index is 12.0. The van der Waals surface area contributed by atoms with Crippen molar-refractivity contribution in [2.75, 3.05) is 0 Å². The molecule has 0 aliphatic carbocycles. The predicted octanol–water partition coefficient (Wildman–Crippen LogP) is 1.80. The highest BCUT2D eigenvalue weighted by Crippen LogP contribution is 2.02. The normalized spacial score (nSPS) is 12.5. The largest absolute Gasteiger partial charge is 0.350 e. The molecule has 0 saturated carbocycles. The van der Waals surface area contributed by atoms with Crippen LogP contribution in [0, 0.1) is 0 Å². The van der Waals surface area contributed by atoms with E-state index >= 15 is 0 Å². The number of carbonyl (C=O) groups is 1. The van der Waals surface area contributed by atoms with Crippen molar-refractivity contribution >= 4 is 30.7 Å². The minimum Gasteiger partial charge on any atom is -0.350 e. The van der Waals surface area contributed by atoms with E-state index in [1.165, 1.54) is 0 Å². The van der Waals surface area contributed by atoms with Crippen molar-refractivity contribution in [1.82, 2.24) is 15.1 Å². The third-order valence-corrected chi connectivity index (χ3v) is 3.04. The van der Waals surface area contributed by atoms with E-state index in [1.54, 1.807) is 10.9 Å². The Bertz CT molecular complexity index is 534. The van der Waals surface area contributed by atoms with E-state index in [-0.39, 0.29) is 36.8 Å². The second-order valence-corrected chi connectivity index (χ2v) is 4.93. The van der Waals surface area contributed by atoms with Gasteiger partial charge >= 0.3 is 0 Å². The van der Waals surface area contributed by atoms with Gasteiger partial charge in [0.25, 0.3) is 0 Å².